The molecule has 0 atom stereocenters. The monoisotopic (exact) mass is 277 g/mol. The summed E-state index contributed by atoms with van der Waals surface area (Å²) in [5.41, 5.74) is 5.58. The van der Waals surface area contributed by atoms with Crippen LogP contribution in [0.3, 0.4) is 0 Å². The number of rotatable bonds is 13. The summed E-state index contributed by atoms with van der Waals surface area (Å²) < 4.78 is 17.6. The summed E-state index contributed by atoms with van der Waals surface area (Å²) in [5.74, 6) is 0. The van der Waals surface area contributed by atoms with Crippen LogP contribution in [0.4, 0.5) is 0 Å². The molecule has 18 heavy (non-hydrogen) atoms. The molecule has 0 radical (unpaired) electrons. The second-order valence-electron chi connectivity index (χ2n) is 4.35. The van der Waals surface area contributed by atoms with Crippen LogP contribution in [0, 0.1) is 0 Å². The van der Waals surface area contributed by atoms with Crippen molar-refractivity contribution in [1.82, 2.24) is 0 Å². The van der Waals surface area contributed by atoms with Crippen LogP contribution >= 0.6 is 0 Å². The van der Waals surface area contributed by atoms with E-state index < -0.39 is 8.80 Å². The molecule has 0 heterocycles. The fourth-order valence-electron chi connectivity index (χ4n) is 1.86. The molecule has 0 aromatic heterocycles. The van der Waals surface area contributed by atoms with Gasteiger partial charge in [-0.3, -0.25) is 0 Å². The lowest BCUT2D eigenvalue weighted by molar-refractivity contribution is 0.0653. The quantitative estimate of drug-likeness (QED) is 0.415. The molecule has 0 rings (SSSR count). The van der Waals surface area contributed by atoms with Gasteiger partial charge in [0.15, 0.2) is 0 Å². The molecular formula is C13H31NO3Si. The van der Waals surface area contributed by atoms with Crippen molar-refractivity contribution < 1.29 is 13.3 Å². The van der Waals surface area contributed by atoms with Gasteiger partial charge < -0.3 is 19.0 Å². The van der Waals surface area contributed by atoms with Gasteiger partial charge in [-0.15, -0.1) is 0 Å². The van der Waals surface area contributed by atoms with E-state index in [0.29, 0.717) is 19.8 Å². The first kappa shape index (κ1) is 18.1. The summed E-state index contributed by atoms with van der Waals surface area (Å²) in [4.78, 5) is 0. The molecule has 0 saturated heterocycles. The van der Waals surface area contributed by atoms with Crippen LogP contribution in [0.1, 0.15) is 52.9 Å². The normalized spacial score (nSPS) is 12.0. The lowest BCUT2D eigenvalue weighted by Crippen LogP contribution is -2.46. The van der Waals surface area contributed by atoms with E-state index in [0.717, 1.165) is 25.5 Å². The first-order valence-electron chi connectivity index (χ1n) is 7.36. The van der Waals surface area contributed by atoms with E-state index in [1.165, 1.54) is 19.3 Å². The number of unbranched alkanes of at least 4 members (excludes halogenated alkanes) is 3. The van der Waals surface area contributed by atoms with Gasteiger partial charge in [-0.25, -0.2) is 0 Å². The average molecular weight is 277 g/mol. The van der Waals surface area contributed by atoms with Crippen molar-refractivity contribution in [3.05, 3.63) is 0 Å². The molecule has 0 aromatic rings. The maximum atomic E-state index is 6.00. The van der Waals surface area contributed by atoms with Gasteiger partial charge >= 0.3 is 8.80 Å². The Morgan fingerprint density at radius 1 is 0.833 bits per heavy atom. The number of hydrogen-bond acceptors (Lipinski definition) is 4. The van der Waals surface area contributed by atoms with Crippen molar-refractivity contribution in [3.8, 4) is 0 Å². The average Bonchev–Trinajstić information content (AvgIpc) is 2.37. The zero-order chi connectivity index (χ0) is 13.7. The van der Waals surface area contributed by atoms with E-state index in [4.69, 9.17) is 19.0 Å². The summed E-state index contributed by atoms with van der Waals surface area (Å²) in [6.45, 7) is 8.89. The van der Waals surface area contributed by atoms with Crippen LogP contribution < -0.4 is 5.73 Å². The first-order valence-corrected chi connectivity index (χ1v) is 9.29. The Balaban J connectivity index is 4.14. The highest BCUT2D eigenvalue weighted by molar-refractivity contribution is 6.60. The van der Waals surface area contributed by atoms with Gasteiger partial charge in [-0.2, -0.15) is 0 Å². The molecule has 0 aliphatic carbocycles. The molecule has 2 N–H and O–H groups in total. The third-order valence-electron chi connectivity index (χ3n) is 2.74. The minimum absolute atomic E-state index is 0.645. The summed E-state index contributed by atoms with van der Waals surface area (Å²) in [5, 5.41) is 0. The Morgan fingerprint density at radius 2 is 1.50 bits per heavy atom. The summed E-state index contributed by atoms with van der Waals surface area (Å²) in [7, 11) is -2.46. The molecule has 0 fully saturated rings. The van der Waals surface area contributed by atoms with E-state index in [2.05, 4.69) is 6.92 Å². The zero-order valence-corrected chi connectivity index (χ0v) is 13.4. The van der Waals surface area contributed by atoms with E-state index in [-0.39, 0.29) is 0 Å². The topological polar surface area (TPSA) is 53.7 Å². The number of hydrogen-bond donors (Lipinski definition) is 1. The highest BCUT2D eigenvalue weighted by Crippen LogP contribution is 2.18. The van der Waals surface area contributed by atoms with E-state index in [1.54, 1.807) is 0 Å². The van der Waals surface area contributed by atoms with Gasteiger partial charge in [-0.1, -0.05) is 26.2 Å². The lowest BCUT2D eigenvalue weighted by Gasteiger charge is -2.28. The highest BCUT2D eigenvalue weighted by atomic mass is 28.4. The van der Waals surface area contributed by atoms with Crippen molar-refractivity contribution in [2.45, 2.75) is 58.9 Å². The van der Waals surface area contributed by atoms with E-state index in [9.17, 15) is 0 Å². The van der Waals surface area contributed by atoms with Crippen molar-refractivity contribution >= 4 is 8.80 Å². The van der Waals surface area contributed by atoms with Crippen LogP contribution in [0.15, 0.2) is 0 Å². The van der Waals surface area contributed by atoms with E-state index in [1.807, 2.05) is 13.8 Å². The SMILES string of the molecule is CCCCCCO[Si](CCCN)(OCC)OCC. The second kappa shape index (κ2) is 12.1. The molecule has 0 spiro atoms. The Labute approximate surface area is 114 Å². The summed E-state index contributed by atoms with van der Waals surface area (Å²) in [6.07, 6.45) is 5.72. The number of nitrogens with two attached hydrogens (primary N) is 1. The van der Waals surface area contributed by atoms with Gasteiger partial charge in [0.05, 0.1) is 0 Å². The molecule has 0 aromatic carbocycles. The van der Waals surface area contributed by atoms with Crippen molar-refractivity contribution in [1.29, 1.82) is 0 Å². The molecule has 0 bridgehead atoms. The Kier molecular flexibility index (Phi) is 12.1. The van der Waals surface area contributed by atoms with Crippen LogP contribution in [-0.4, -0.2) is 35.2 Å². The van der Waals surface area contributed by atoms with Crippen LogP contribution in [0.5, 0.6) is 0 Å². The predicted molar refractivity (Wildman–Crippen MR) is 77.6 cm³/mol. The molecule has 0 unspecified atom stereocenters. The molecule has 0 aliphatic heterocycles. The molecular weight excluding hydrogens is 246 g/mol. The maximum Gasteiger partial charge on any atom is 0.500 e. The summed E-state index contributed by atoms with van der Waals surface area (Å²) in [6, 6.07) is 0.832. The van der Waals surface area contributed by atoms with Crippen LogP contribution in [-0.2, 0) is 13.3 Å². The predicted octanol–water partition coefficient (Wildman–Crippen LogP) is 2.94. The lowest BCUT2D eigenvalue weighted by atomic mass is 10.2. The minimum Gasteiger partial charge on any atom is -0.374 e. The molecule has 110 valence electrons. The molecule has 0 aliphatic rings. The first-order chi connectivity index (χ1) is 8.74. The zero-order valence-electron chi connectivity index (χ0n) is 12.4. The van der Waals surface area contributed by atoms with Crippen LogP contribution in [0.25, 0.3) is 0 Å². The van der Waals surface area contributed by atoms with Gasteiger partial charge in [0, 0.05) is 25.9 Å². The standard InChI is InChI=1S/C13H31NO3Si/c1-4-7-8-9-12-17-18(15-5-2,16-6-3)13-10-11-14/h4-14H2,1-3H3. The highest BCUT2D eigenvalue weighted by Gasteiger charge is 2.39. The van der Waals surface area contributed by atoms with Gasteiger partial charge in [0.1, 0.15) is 0 Å². The van der Waals surface area contributed by atoms with Crippen molar-refractivity contribution in [3.63, 3.8) is 0 Å². The fraction of sp³-hybridized carbons (Fsp3) is 1.00. The molecule has 5 heteroatoms. The Morgan fingerprint density at radius 3 is 2.00 bits per heavy atom. The minimum atomic E-state index is -2.46. The van der Waals surface area contributed by atoms with E-state index >= 15 is 0 Å². The Bertz CT molecular complexity index is 176. The Hall–Kier alpha value is 0.0569. The smallest absolute Gasteiger partial charge is 0.374 e. The largest absolute Gasteiger partial charge is 0.500 e. The van der Waals surface area contributed by atoms with Crippen molar-refractivity contribution in [2.75, 3.05) is 26.4 Å². The second-order valence-corrected chi connectivity index (χ2v) is 7.08. The molecule has 0 amide bonds. The van der Waals surface area contributed by atoms with Crippen molar-refractivity contribution in [2.24, 2.45) is 5.73 Å². The van der Waals surface area contributed by atoms with Gasteiger partial charge in [-0.05, 0) is 33.2 Å². The molecule has 4 nitrogen and oxygen atoms in total. The van der Waals surface area contributed by atoms with Gasteiger partial charge in [0.2, 0.25) is 0 Å². The fourth-order valence-corrected chi connectivity index (χ4v) is 4.51. The third kappa shape index (κ3) is 8.21. The third-order valence-corrected chi connectivity index (χ3v) is 5.80. The van der Waals surface area contributed by atoms with Gasteiger partial charge in [0.25, 0.3) is 0 Å². The maximum absolute atomic E-state index is 6.00. The molecule has 0 saturated carbocycles. The van der Waals surface area contributed by atoms with Crippen LogP contribution in [0.2, 0.25) is 6.04 Å². The summed E-state index contributed by atoms with van der Waals surface area (Å²) >= 11 is 0.